The molecule has 0 aromatic heterocycles. The number of rotatable bonds is 11. The Morgan fingerprint density at radius 1 is 1.15 bits per heavy atom. The number of hydrogen-bond donors (Lipinski definition) is 2. The smallest absolute Gasteiger partial charge is 0.305 e. The highest BCUT2D eigenvalue weighted by molar-refractivity contribution is 5.79. The van der Waals surface area contributed by atoms with Crippen LogP contribution in [0.5, 0.6) is 11.5 Å². The SMILES string of the molecule is CCNC(=NCC(C)Oc1ccccc1OC)NCCCCC(=O)OC. The monoisotopic (exact) mass is 365 g/mol. The van der Waals surface area contributed by atoms with Gasteiger partial charge in [0.05, 0.1) is 20.8 Å². The second kappa shape index (κ2) is 12.9. The van der Waals surface area contributed by atoms with Crippen LogP contribution in [0.15, 0.2) is 29.3 Å². The van der Waals surface area contributed by atoms with E-state index in [1.807, 2.05) is 38.1 Å². The minimum atomic E-state index is -0.173. The maximum Gasteiger partial charge on any atom is 0.305 e. The fraction of sp³-hybridized carbons (Fsp3) is 0.579. The standard InChI is InChI=1S/C19H31N3O4/c1-5-20-19(21-13-9-8-12-18(23)25-4)22-14-15(2)26-17-11-7-6-10-16(17)24-3/h6-7,10-11,15H,5,8-9,12-14H2,1-4H3,(H2,20,21,22). The number of aliphatic imine (C=N–C) groups is 1. The lowest BCUT2D eigenvalue weighted by atomic mass is 10.2. The number of benzene rings is 1. The van der Waals surface area contributed by atoms with Crippen LogP contribution in [0.25, 0.3) is 0 Å². The summed E-state index contributed by atoms with van der Waals surface area (Å²) in [6.45, 7) is 6.01. The highest BCUT2D eigenvalue weighted by Gasteiger charge is 2.08. The predicted octanol–water partition coefficient (Wildman–Crippen LogP) is 2.36. The molecule has 0 spiro atoms. The van der Waals surface area contributed by atoms with Gasteiger partial charge in [0.2, 0.25) is 0 Å². The van der Waals surface area contributed by atoms with Crippen LogP contribution in [0, 0.1) is 0 Å². The number of hydrogen-bond acceptors (Lipinski definition) is 5. The van der Waals surface area contributed by atoms with Crippen molar-refractivity contribution in [1.29, 1.82) is 0 Å². The lowest BCUT2D eigenvalue weighted by Crippen LogP contribution is -2.38. The Balaban J connectivity index is 2.43. The molecule has 0 heterocycles. The molecule has 2 N–H and O–H groups in total. The van der Waals surface area contributed by atoms with Gasteiger partial charge in [0.15, 0.2) is 17.5 Å². The predicted molar refractivity (Wildman–Crippen MR) is 103 cm³/mol. The summed E-state index contributed by atoms with van der Waals surface area (Å²) in [4.78, 5) is 15.6. The lowest BCUT2D eigenvalue weighted by molar-refractivity contribution is -0.140. The number of ether oxygens (including phenoxy) is 3. The third kappa shape index (κ3) is 8.60. The van der Waals surface area contributed by atoms with Gasteiger partial charge in [-0.3, -0.25) is 4.79 Å². The first kappa shape index (κ1) is 21.6. The molecule has 0 aliphatic carbocycles. The molecule has 7 nitrogen and oxygen atoms in total. The number of methoxy groups -OCH3 is 2. The van der Waals surface area contributed by atoms with Crippen molar-refractivity contribution >= 4 is 11.9 Å². The van der Waals surface area contributed by atoms with Crippen molar-refractivity contribution in [2.75, 3.05) is 33.9 Å². The van der Waals surface area contributed by atoms with Crippen molar-refractivity contribution in [2.45, 2.75) is 39.2 Å². The molecular weight excluding hydrogens is 334 g/mol. The molecule has 0 aliphatic heterocycles. The van der Waals surface area contributed by atoms with E-state index < -0.39 is 0 Å². The van der Waals surface area contributed by atoms with Crippen molar-refractivity contribution in [3.05, 3.63) is 24.3 Å². The molecule has 0 radical (unpaired) electrons. The van der Waals surface area contributed by atoms with Crippen molar-refractivity contribution in [1.82, 2.24) is 10.6 Å². The van der Waals surface area contributed by atoms with E-state index in [9.17, 15) is 4.79 Å². The maximum absolute atomic E-state index is 11.1. The Morgan fingerprint density at radius 2 is 1.88 bits per heavy atom. The quantitative estimate of drug-likeness (QED) is 0.271. The average molecular weight is 365 g/mol. The Hall–Kier alpha value is -2.44. The molecule has 1 rings (SSSR count). The highest BCUT2D eigenvalue weighted by Crippen LogP contribution is 2.26. The summed E-state index contributed by atoms with van der Waals surface area (Å²) in [5.74, 6) is 1.98. The second-order valence-electron chi connectivity index (χ2n) is 5.76. The normalized spacial score (nSPS) is 12.2. The topological polar surface area (TPSA) is 81.2 Å². The molecule has 0 saturated carbocycles. The number of nitrogens with one attached hydrogen (secondary N) is 2. The van der Waals surface area contributed by atoms with Gasteiger partial charge in [-0.25, -0.2) is 4.99 Å². The summed E-state index contributed by atoms with van der Waals surface area (Å²) >= 11 is 0. The fourth-order valence-corrected chi connectivity index (χ4v) is 2.23. The van der Waals surface area contributed by atoms with Gasteiger partial charge in [0.25, 0.3) is 0 Å². The van der Waals surface area contributed by atoms with Crippen molar-refractivity contribution < 1.29 is 19.0 Å². The number of unbranched alkanes of at least 4 members (excludes halogenated alkanes) is 1. The van der Waals surface area contributed by atoms with Gasteiger partial charge in [0.1, 0.15) is 6.10 Å². The molecule has 0 bridgehead atoms. The summed E-state index contributed by atoms with van der Waals surface area (Å²) in [7, 11) is 3.03. The first-order valence-electron chi connectivity index (χ1n) is 8.99. The van der Waals surface area contributed by atoms with E-state index in [1.54, 1.807) is 7.11 Å². The lowest BCUT2D eigenvalue weighted by Gasteiger charge is -2.16. The molecule has 1 unspecified atom stereocenters. The van der Waals surface area contributed by atoms with Crippen LogP contribution in [-0.2, 0) is 9.53 Å². The van der Waals surface area contributed by atoms with Crippen LogP contribution < -0.4 is 20.1 Å². The van der Waals surface area contributed by atoms with E-state index in [1.165, 1.54) is 7.11 Å². The molecule has 26 heavy (non-hydrogen) atoms. The van der Waals surface area contributed by atoms with E-state index in [2.05, 4.69) is 20.4 Å². The Morgan fingerprint density at radius 3 is 2.54 bits per heavy atom. The molecule has 0 saturated heterocycles. The van der Waals surface area contributed by atoms with Crippen LogP contribution in [-0.4, -0.2) is 51.9 Å². The fourth-order valence-electron chi connectivity index (χ4n) is 2.23. The summed E-state index contributed by atoms with van der Waals surface area (Å²) < 4.78 is 15.8. The molecule has 7 heteroatoms. The van der Waals surface area contributed by atoms with Crippen LogP contribution in [0.4, 0.5) is 0 Å². The van der Waals surface area contributed by atoms with Crippen molar-refractivity contribution in [3.8, 4) is 11.5 Å². The second-order valence-corrected chi connectivity index (χ2v) is 5.76. The molecule has 0 fully saturated rings. The highest BCUT2D eigenvalue weighted by atomic mass is 16.5. The number of nitrogens with zero attached hydrogens (tertiary/aromatic N) is 1. The molecule has 1 aromatic carbocycles. The van der Waals surface area contributed by atoms with Gasteiger partial charge in [-0.05, 0) is 38.8 Å². The molecular formula is C19H31N3O4. The Labute approximate surface area is 156 Å². The minimum absolute atomic E-state index is 0.0962. The Bertz CT molecular complexity index is 563. The van der Waals surface area contributed by atoms with E-state index in [0.717, 1.165) is 31.9 Å². The zero-order chi connectivity index (χ0) is 19.2. The number of carbonyl (C=O) groups excluding carboxylic acids is 1. The third-order valence-electron chi connectivity index (χ3n) is 3.58. The number of para-hydroxylation sites is 2. The average Bonchev–Trinajstić information content (AvgIpc) is 2.65. The zero-order valence-electron chi connectivity index (χ0n) is 16.2. The maximum atomic E-state index is 11.1. The Kier molecular flexibility index (Phi) is 10.7. The largest absolute Gasteiger partial charge is 0.493 e. The van der Waals surface area contributed by atoms with Gasteiger partial charge in [0, 0.05) is 19.5 Å². The molecule has 146 valence electrons. The van der Waals surface area contributed by atoms with E-state index in [4.69, 9.17) is 9.47 Å². The third-order valence-corrected chi connectivity index (χ3v) is 3.58. The summed E-state index contributed by atoms with van der Waals surface area (Å²) in [6, 6.07) is 7.56. The van der Waals surface area contributed by atoms with Gasteiger partial charge in [-0.1, -0.05) is 12.1 Å². The van der Waals surface area contributed by atoms with Gasteiger partial charge >= 0.3 is 5.97 Å². The van der Waals surface area contributed by atoms with Crippen LogP contribution in [0.1, 0.15) is 33.1 Å². The molecule has 1 atom stereocenters. The van der Waals surface area contributed by atoms with E-state index >= 15 is 0 Å². The first-order chi connectivity index (χ1) is 12.6. The van der Waals surface area contributed by atoms with Gasteiger partial charge < -0.3 is 24.8 Å². The van der Waals surface area contributed by atoms with Crippen molar-refractivity contribution in [2.24, 2.45) is 4.99 Å². The van der Waals surface area contributed by atoms with E-state index in [0.29, 0.717) is 24.5 Å². The van der Waals surface area contributed by atoms with Crippen molar-refractivity contribution in [3.63, 3.8) is 0 Å². The van der Waals surface area contributed by atoms with Gasteiger partial charge in [-0.15, -0.1) is 0 Å². The summed E-state index contributed by atoms with van der Waals surface area (Å²) in [6.07, 6.45) is 2.00. The summed E-state index contributed by atoms with van der Waals surface area (Å²) in [5, 5.41) is 6.46. The number of carbonyl (C=O) groups is 1. The molecule has 1 aromatic rings. The summed E-state index contributed by atoms with van der Waals surface area (Å²) in [5.41, 5.74) is 0. The zero-order valence-corrected chi connectivity index (χ0v) is 16.2. The number of esters is 1. The van der Waals surface area contributed by atoms with Crippen LogP contribution >= 0.6 is 0 Å². The number of guanidine groups is 1. The van der Waals surface area contributed by atoms with Crippen LogP contribution in [0.3, 0.4) is 0 Å². The van der Waals surface area contributed by atoms with E-state index in [-0.39, 0.29) is 12.1 Å². The van der Waals surface area contributed by atoms with Gasteiger partial charge in [-0.2, -0.15) is 0 Å². The molecule has 0 aliphatic rings. The van der Waals surface area contributed by atoms with Crippen LogP contribution in [0.2, 0.25) is 0 Å². The molecule has 0 amide bonds. The minimum Gasteiger partial charge on any atom is -0.493 e. The first-order valence-corrected chi connectivity index (χ1v) is 8.99.